The van der Waals surface area contributed by atoms with E-state index in [9.17, 15) is 18.3 Å². The fourth-order valence-corrected chi connectivity index (χ4v) is 1.85. The summed E-state index contributed by atoms with van der Waals surface area (Å²) in [4.78, 5) is 0. The minimum Gasteiger partial charge on any atom is -0.384 e. The number of benzene rings is 1. The molecular weight excluding hydrogens is 269 g/mol. The molecular formula is C14H15F3N2O. The van der Waals surface area contributed by atoms with Crippen molar-refractivity contribution in [3.8, 4) is 0 Å². The van der Waals surface area contributed by atoms with Crippen molar-refractivity contribution in [1.29, 1.82) is 0 Å². The number of hydrogen-bond acceptors (Lipinski definition) is 2. The van der Waals surface area contributed by atoms with E-state index in [-0.39, 0.29) is 11.6 Å². The largest absolute Gasteiger partial charge is 0.416 e. The fraction of sp³-hybridized carbons (Fsp3) is 0.357. The Hall–Kier alpha value is -1.82. The predicted molar refractivity (Wildman–Crippen MR) is 68.1 cm³/mol. The summed E-state index contributed by atoms with van der Waals surface area (Å²) in [5.74, 6) is 0. The Balaban J connectivity index is 2.30. The third-order valence-corrected chi connectivity index (χ3v) is 3.00. The molecule has 0 aliphatic carbocycles. The maximum Gasteiger partial charge on any atom is 0.416 e. The second kappa shape index (κ2) is 5.28. The predicted octanol–water partition coefficient (Wildman–Crippen LogP) is 3.56. The first-order valence-corrected chi connectivity index (χ1v) is 6.18. The molecule has 1 heterocycles. The Morgan fingerprint density at radius 2 is 1.90 bits per heavy atom. The monoisotopic (exact) mass is 284 g/mol. The van der Waals surface area contributed by atoms with Gasteiger partial charge in [-0.1, -0.05) is 12.1 Å². The van der Waals surface area contributed by atoms with Gasteiger partial charge in [-0.3, -0.25) is 4.68 Å². The number of alkyl halides is 3. The van der Waals surface area contributed by atoms with E-state index >= 15 is 0 Å². The molecule has 1 aromatic heterocycles. The fourth-order valence-electron chi connectivity index (χ4n) is 1.85. The van der Waals surface area contributed by atoms with Gasteiger partial charge in [-0.25, -0.2) is 0 Å². The second-order valence-electron chi connectivity index (χ2n) is 4.87. The van der Waals surface area contributed by atoms with Gasteiger partial charge in [0.15, 0.2) is 0 Å². The van der Waals surface area contributed by atoms with E-state index in [0.29, 0.717) is 5.56 Å². The number of aromatic nitrogens is 2. The molecule has 108 valence electrons. The van der Waals surface area contributed by atoms with Crippen LogP contribution in [0, 0.1) is 0 Å². The zero-order valence-electron chi connectivity index (χ0n) is 11.1. The minimum absolute atomic E-state index is 0.123. The van der Waals surface area contributed by atoms with Crippen molar-refractivity contribution in [2.24, 2.45) is 0 Å². The zero-order valence-corrected chi connectivity index (χ0v) is 11.1. The van der Waals surface area contributed by atoms with Gasteiger partial charge in [0, 0.05) is 17.8 Å². The van der Waals surface area contributed by atoms with Crippen LogP contribution in [-0.4, -0.2) is 14.9 Å². The highest BCUT2D eigenvalue weighted by Gasteiger charge is 2.31. The normalized spacial score (nSPS) is 13.8. The molecule has 20 heavy (non-hydrogen) atoms. The molecule has 0 fully saturated rings. The summed E-state index contributed by atoms with van der Waals surface area (Å²) in [6.45, 7) is 3.85. The van der Waals surface area contributed by atoms with Crippen LogP contribution in [0.4, 0.5) is 13.2 Å². The highest BCUT2D eigenvalue weighted by atomic mass is 19.4. The van der Waals surface area contributed by atoms with Crippen molar-refractivity contribution in [2.75, 3.05) is 0 Å². The van der Waals surface area contributed by atoms with E-state index in [4.69, 9.17) is 0 Å². The van der Waals surface area contributed by atoms with Gasteiger partial charge in [-0.05, 0) is 31.5 Å². The van der Waals surface area contributed by atoms with Gasteiger partial charge < -0.3 is 5.11 Å². The number of nitrogens with zero attached hydrogens (tertiary/aromatic N) is 2. The summed E-state index contributed by atoms with van der Waals surface area (Å²) in [6, 6.07) is 4.81. The Kier molecular flexibility index (Phi) is 3.85. The van der Waals surface area contributed by atoms with Crippen LogP contribution in [0.5, 0.6) is 0 Å². The Labute approximate surface area is 114 Å². The third-order valence-electron chi connectivity index (χ3n) is 3.00. The average molecular weight is 284 g/mol. The molecule has 0 saturated heterocycles. The first kappa shape index (κ1) is 14.6. The highest BCUT2D eigenvalue weighted by Crippen LogP contribution is 2.32. The van der Waals surface area contributed by atoms with Gasteiger partial charge in [0.05, 0.1) is 11.8 Å². The van der Waals surface area contributed by atoms with Crippen LogP contribution in [0.1, 0.15) is 42.7 Å². The maximum atomic E-state index is 12.6. The van der Waals surface area contributed by atoms with Crippen molar-refractivity contribution in [2.45, 2.75) is 32.2 Å². The molecule has 1 aromatic carbocycles. The average Bonchev–Trinajstić information content (AvgIpc) is 2.87. The van der Waals surface area contributed by atoms with Gasteiger partial charge >= 0.3 is 6.18 Å². The van der Waals surface area contributed by atoms with Crippen molar-refractivity contribution >= 4 is 0 Å². The highest BCUT2D eigenvalue weighted by molar-refractivity contribution is 5.32. The van der Waals surface area contributed by atoms with Crippen LogP contribution in [0.25, 0.3) is 0 Å². The van der Waals surface area contributed by atoms with Gasteiger partial charge in [0.25, 0.3) is 0 Å². The van der Waals surface area contributed by atoms with Crippen molar-refractivity contribution in [1.82, 2.24) is 9.78 Å². The summed E-state index contributed by atoms with van der Waals surface area (Å²) in [5.41, 5.74) is -0.105. The lowest BCUT2D eigenvalue weighted by Crippen LogP contribution is -2.07. The van der Waals surface area contributed by atoms with Crippen LogP contribution in [0.15, 0.2) is 36.7 Å². The molecule has 1 N–H and O–H groups in total. The lowest BCUT2D eigenvalue weighted by atomic mass is 10.0. The van der Waals surface area contributed by atoms with Gasteiger partial charge in [0.1, 0.15) is 6.10 Å². The third kappa shape index (κ3) is 3.01. The van der Waals surface area contributed by atoms with E-state index in [1.54, 1.807) is 10.9 Å². The summed E-state index contributed by atoms with van der Waals surface area (Å²) >= 11 is 0. The second-order valence-corrected chi connectivity index (χ2v) is 4.87. The molecule has 0 aliphatic rings. The van der Waals surface area contributed by atoms with Crippen LogP contribution >= 0.6 is 0 Å². The molecule has 3 nitrogen and oxygen atoms in total. The zero-order chi connectivity index (χ0) is 14.9. The molecule has 0 aliphatic heterocycles. The van der Waals surface area contributed by atoms with Crippen LogP contribution < -0.4 is 0 Å². The van der Waals surface area contributed by atoms with Crippen molar-refractivity contribution in [3.05, 3.63) is 53.3 Å². The SMILES string of the molecule is CC(C)n1cc(C(O)c2cccc(C(F)(F)F)c2)cn1. The first-order valence-electron chi connectivity index (χ1n) is 6.18. The van der Waals surface area contributed by atoms with Crippen molar-refractivity contribution < 1.29 is 18.3 Å². The molecule has 2 rings (SSSR count). The number of aliphatic hydroxyl groups excluding tert-OH is 1. The van der Waals surface area contributed by atoms with E-state index in [1.165, 1.54) is 18.3 Å². The molecule has 1 atom stereocenters. The standard InChI is InChI=1S/C14H15F3N2O/c1-9(2)19-8-11(7-18-19)13(20)10-4-3-5-12(6-10)14(15,16)17/h3-9,13,20H,1-2H3. The molecule has 1 unspecified atom stereocenters. The minimum atomic E-state index is -4.42. The summed E-state index contributed by atoms with van der Waals surface area (Å²) in [7, 11) is 0. The van der Waals surface area contributed by atoms with E-state index in [0.717, 1.165) is 12.1 Å². The van der Waals surface area contributed by atoms with Crippen LogP contribution in [0.3, 0.4) is 0 Å². The topological polar surface area (TPSA) is 38.0 Å². The number of aliphatic hydroxyl groups is 1. The Morgan fingerprint density at radius 3 is 2.45 bits per heavy atom. The summed E-state index contributed by atoms with van der Waals surface area (Å²) in [6.07, 6.45) is -2.44. The van der Waals surface area contributed by atoms with E-state index in [2.05, 4.69) is 5.10 Å². The summed E-state index contributed by atoms with van der Waals surface area (Å²) in [5, 5.41) is 14.2. The van der Waals surface area contributed by atoms with Crippen molar-refractivity contribution in [3.63, 3.8) is 0 Å². The smallest absolute Gasteiger partial charge is 0.384 e. The van der Waals surface area contributed by atoms with Crippen LogP contribution in [-0.2, 0) is 6.18 Å². The molecule has 0 spiro atoms. The van der Waals surface area contributed by atoms with E-state index in [1.807, 2.05) is 13.8 Å². The number of hydrogen-bond donors (Lipinski definition) is 1. The quantitative estimate of drug-likeness (QED) is 0.935. The van der Waals surface area contributed by atoms with Gasteiger partial charge in [0.2, 0.25) is 0 Å². The number of rotatable bonds is 3. The lowest BCUT2D eigenvalue weighted by molar-refractivity contribution is -0.137. The number of halogens is 3. The lowest BCUT2D eigenvalue weighted by Gasteiger charge is -2.12. The Morgan fingerprint density at radius 1 is 1.20 bits per heavy atom. The molecule has 0 saturated carbocycles. The molecule has 0 amide bonds. The summed E-state index contributed by atoms with van der Waals surface area (Å²) < 4.78 is 39.6. The van der Waals surface area contributed by atoms with Crippen LogP contribution in [0.2, 0.25) is 0 Å². The Bertz CT molecular complexity index is 590. The van der Waals surface area contributed by atoms with Gasteiger partial charge in [-0.2, -0.15) is 18.3 Å². The molecule has 0 bridgehead atoms. The maximum absolute atomic E-state index is 12.6. The molecule has 0 radical (unpaired) electrons. The first-order chi connectivity index (χ1) is 9.29. The van der Waals surface area contributed by atoms with E-state index < -0.39 is 17.8 Å². The van der Waals surface area contributed by atoms with Gasteiger partial charge in [-0.15, -0.1) is 0 Å². The molecule has 6 heteroatoms. The molecule has 2 aromatic rings.